The Balaban J connectivity index is 3.39. The van der Waals surface area contributed by atoms with Crippen molar-refractivity contribution in [2.45, 2.75) is 45.4 Å². The van der Waals surface area contributed by atoms with Gasteiger partial charge in [-0.1, -0.05) is 50.9 Å². The number of nitrogens with zero attached hydrogens (tertiary/aromatic N) is 1. The molecular weight excluding hydrogens is 274 g/mol. The first-order valence-corrected chi connectivity index (χ1v) is 7.06. The summed E-state index contributed by atoms with van der Waals surface area (Å²) in [4.78, 5) is 11.1. The van der Waals surface area contributed by atoms with E-state index in [1.807, 2.05) is 32.9 Å². The van der Waals surface area contributed by atoms with Crippen molar-refractivity contribution in [2.75, 3.05) is 0 Å². The molecule has 1 unspecified atom stereocenters. The summed E-state index contributed by atoms with van der Waals surface area (Å²) in [6.45, 7) is 5.68. The molecular formula is C16H20ClNO2. The third kappa shape index (κ3) is 3.13. The summed E-state index contributed by atoms with van der Waals surface area (Å²) < 4.78 is 0. The van der Waals surface area contributed by atoms with Crippen LogP contribution in [0.1, 0.15) is 45.6 Å². The highest BCUT2D eigenvalue weighted by Crippen LogP contribution is 2.47. The number of halogens is 1. The number of nitriles is 1. The van der Waals surface area contributed by atoms with Gasteiger partial charge >= 0.3 is 5.97 Å². The number of hydrogen-bond donors (Lipinski definition) is 1. The van der Waals surface area contributed by atoms with Crippen molar-refractivity contribution in [2.24, 2.45) is 5.41 Å². The van der Waals surface area contributed by atoms with Crippen LogP contribution in [0.4, 0.5) is 0 Å². The van der Waals surface area contributed by atoms with Crippen LogP contribution >= 0.6 is 11.6 Å². The Morgan fingerprint density at radius 1 is 1.35 bits per heavy atom. The van der Waals surface area contributed by atoms with Crippen molar-refractivity contribution in [1.82, 2.24) is 0 Å². The molecule has 0 aliphatic carbocycles. The highest BCUT2D eigenvalue weighted by molar-refractivity contribution is 6.30. The molecule has 0 heterocycles. The molecule has 108 valence electrons. The van der Waals surface area contributed by atoms with Crippen molar-refractivity contribution in [3.8, 4) is 6.07 Å². The lowest BCUT2D eigenvalue weighted by molar-refractivity contribution is -0.140. The third-order valence-electron chi connectivity index (χ3n) is 3.90. The Bertz CT molecular complexity index is 516. The molecule has 0 amide bonds. The third-order valence-corrected chi connectivity index (χ3v) is 4.15. The van der Waals surface area contributed by atoms with Gasteiger partial charge in [-0.05, 0) is 29.5 Å². The highest BCUT2D eigenvalue weighted by Gasteiger charge is 2.47. The van der Waals surface area contributed by atoms with Crippen LogP contribution in [-0.4, -0.2) is 11.1 Å². The maximum Gasteiger partial charge on any atom is 0.303 e. The van der Waals surface area contributed by atoms with Gasteiger partial charge in [-0.15, -0.1) is 0 Å². The molecule has 3 nitrogen and oxygen atoms in total. The predicted octanol–water partition coefficient (Wildman–Crippen LogP) is 4.40. The molecule has 0 aliphatic heterocycles. The van der Waals surface area contributed by atoms with E-state index in [1.54, 1.807) is 12.1 Å². The van der Waals surface area contributed by atoms with Gasteiger partial charge < -0.3 is 5.11 Å². The van der Waals surface area contributed by atoms with E-state index in [-0.39, 0.29) is 6.42 Å². The molecule has 1 atom stereocenters. The van der Waals surface area contributed by atoms with Crippen molar-refractivity contribution >= 4 is 17.6 Å². The normalized spacial score (nSPS) is 14.3. The first-order valence-electron chi connectivity index (χ1n) is 6.68. The van der Waals surface area contributed by atoms with Crippen molar-refractivity contribution < 1.29 is 9.90 Å². The molecule has 0 saturated heterocycles. The average molecular weight is 294 g/mol. The zero-order valence-electron chi connectivity index (χ0n) is 12.1. The topological polar surface area (TPSA) is 61.1 Å². The fraction of sp³-hybridized carbons (Fsp3) is 0.500. The molecule has 0 fully saturated rings. The van der Waals surface area contributed by atoms with Gasteiger partial charge in [0.25, 0.3) is 0 Å². The van der Waals surface area contributed by atoms with E-state index in [0.29, 0.717) is 11.4 Å². The van der Waals surface area contributed by atoms with Gasteiger partial charge in [0.1, 0.15) is 0 Å². The monoisotopic (exact) mass is 293 g/mol. The Kier molecular flexibility index (Phi) is 5.19. The largest absolute Gasteiger partial charge is 0.481 e. The minimum Gasteiger partial charge on any atom is -0.481 e. The molecule has 0 saturated carbocycles. The van der Waals surface area contributed by atoms with E-state index < -0.39 is 16.8 Å². The molecule has 1 aromatic rings. The van der Waals surface area contributed by atoms with Crippen molar-refractivity contribution in [3.63, 3.8) is 0 Å². The molecule has 1 aromatic carbocycles. The van der Waals surface area contributed by atoms with Gasteiger partial charge in [-0.25, -0.2) is 0 Å². The number of hydrogen-bond acceptors (Lipinski definition) is 2. The molecule has 20 heavy (non-hydrogen) atoms. The van der Waals surface area contributed by atoms with E-state index >= 15 is 0 Å². The van der Waals surface area contributed by atoms with Crippen LogP contribution in [0, 0.1) is 16.7 Å². The summed E-state index contributed by atoms with van der Waals surface area (Å²) in [6, 6.07) is 9.53. The fourth-order valence-electron chi connectivity index (χ4n) is 2.78. The smallest absolute Gasteiger partial charge is 0.303 e. The van der Waals surface area contributed by atoms with Gasteiger partial charge in [0.15, 0.2) is 0 Å². The second kappa shape index (κ2) is 6.28. The number of benzene rings is 1. The van der Waals surface area contributed by atoms with Crippen molar-refractivity contribution in [1.29, 1.82) is 5.26 Å². The maximum atomic E-state index is 11.1. The number of carbonyl (C=O) groups is 1. The molecule has 0 aliphatic rings. The fourth-order valence-corrected chi connectivity index (χ4v) is 2.91. The molecule has 1 rings (SSSR count). The van der Waals surface area contributed by atoms with Crippen molar-refractivity contribution in [3.05, 3.63) is 34.9 Å². The minimum absolute atomic E-state index is 0.0524. The van der Waals surface area contributed by atoms with Crippen LogP contribution in [0.3, 0.4) is 0 Å². The summed E-state index contributed by atoms with van der Waals surface area (Å²) >= 11 is 5.90. The number of carboxylic acid groups (broad SMARTS) is 1. The van der Waals surface area contributed by atoms with Crippen LogP contribution in [0.25, 0.3) is 0 Å². The molecule has 1 N–H and O–H groups in total. The summed E-state index contributed by atoms with van der Waals surface area (Å²) in [5.74, 6) is -0.889. The Morgan fingerprint density at radius 3 is 2.30 bits per heavy atom. The Hall–Kier alpha value is -1.53. The molecule has 0 bridgehead atoms. The van der Waals surface area contributed by atoms with Gasteiger partial charge in [0.05, 0.1) is 17.9 Å². The molecule has 0 aromatic heterocycles. The summed E-state index contributed by atoms with van der Waals surface area (Å²) in [6.07, 6.45) is 1.37. The number of rotatable bonds is 6. The van der Waals surface area contributed by atoms with Crippen LogP contribution in [-0.2, 0) is 10.2 Å². The summed E-state index contributed by atoms with van der Waals surface area (Å²) in [7, 11) is 0. The van der Waals surface area contributed by atoms with Crippen LogP contribution in [0.5, 0.6) is 0 Å². The van der Waals surface area contributed by atoms with Gasteiger partial charge in [-0.2, -0.15) is 5.26 Å². The zero-order valence-corrected chi connectivity index (χ0v) is 12.9. The predicted molar refractivity (Wildman–Crippen MR) is 79.7 cm³/mol. The second-order valence-electron chi connectivity index (χ2n) is 5.73. The SMILES string of the molecule is CCCC(C#N)(c1ccc(Cl)cc1)C(C)(C)CC(=O)O. The average Bonchev–Trinajstić information content (AvgIpc) is 2.35. The minimum atomic E-state index is -0.889. The van der Waals surface area contributed by atoms with E-state index in [9.17, 15) is 10.1 Å². The second-order valence-corrected chi connectivity index (χ2v) is 6.16. The number of carboxylic acids is 1. The number of aliphatic carboxylic acids is 1. The van der Waals surface area contributed by atoms with Gasteiger partial charge in [-0.3, -0.25) is 4.79 Å². The lowest BCUT2D eigenvalue weighted by Gasteiger charge is -2.41. The van der Waals surface area contributed by atoms with Crippen LogP contribution in [0.2, 0.25) is 5.02 Å². The van der Waals surface area contributed by atoms with Gasteiger partial charge in [0, 0.05) is 5.02 Å². The summed E-state index contributed by atoms with van der Waals surface area (Å²) in [5.41, 5.74) is -0.667. The highest BCUT2D eigenvalue weighted by atomic mass is 35.5. The van der Waals surface area contributed by atoms with Crippen LogP contribution in [0.15, 0.2) is 24.3 Å². The summed E-state index contributed by atoms with van der Waals surface area (Å²) in [5, 5.41) is 19.5. The Morgan fingerprint density at radius 2 is 1.90 bits per heavy atom. The molecule has 4 heteroatoms. The Labute approximate surface area is 125 Å². The van der Waals surface area contributed by atoms with E-state index in [1.165, 1.54) is 0 Å². The van der Waals surface area contributed by atoms with Crippen LogP contribution < -0.4 is 0 Å². The van der Waals surface area contributed by atoms with E-state index in [0.717, 1.165) is 12.0 Å². The quantitative estimate of drug-likeness (QED) is 0.845. The standard InChI is InChI=1S/C16H20ClNO2/c1-4-9-16(11-18,15(2,3)10-14(19)20)12-5-7-13(17)8-6-12/h5-8H,4,9-10H2,1-3H3,(H,19,20). The van der Waals surface area contributed by atoms with E-state index in [2.05, 4.69) is 6.07 Å². The lowest BCUT2D eigenvalue weighted by atomic mass is 9.59. The van der Waals surface area contributed by atoms with Gasteiger partial charge in [0.2, 0.25) is 0 Å². The molecule has 0 spiro atoms. The maximum absolute atomic E-state index is 11.1. The first-order chi connectivity index (χ1) is 9.29. The first kappa shape index (κ1) is 16.5. The zero-order chi connectivity index (χ0) is 15.4. The lowest BCUT2D eigenvalue weighted by Crippen LogP contribution is -2.42. The van der Waals surface area contributed by atoms with E-state index in [4.69, 9.17) is 16.7 Å². The molecule has 0 radical (unpaired) electrons.